The van der Waals surface area contributed by atoms with E-state index in [1.807, 2.05) is 0 Å². The van der Waals surface area contributed by atoms with Crippen molar-refractivity contribution < 1.29 is 13.2 Å². The number of nitrogens with two attached hydrogens (primary N) is 2. The van der Waals surface area contributed by atoms with Crippen LogP contribution in [0.5, 0.6) is 0 Å². The average molecular weight is 366 g/mol. The van der Waals surface area contributed by atoms with Crippen molar-refractivity contribution in [3.63, 3.8) is 0 Å². The molecule has 1 aromatic rings. The van der Waals surface area contributed by atoms with Gasteiger partial charge in [-0.15, -0.1) is 0 Å². The first-order valence-corrected chi connectivity index (χ1v) is 10.1. The number of anilines is 1. The molecule has 1 amide bonds. The predicted molar refractivity (Wildman–Crippen MR) is 96.7 cm³/mol. The van der Waals surface area contributed by atoms with Gasteiger partial charge < -0.3 is 10.6 Å². The summed E-state index contributed by atoms with van der Waals surface area (Å²) in [4.78, 5) is 16.7. The average Bonchev–Trinajstić information content (AvgIpc) is 2.93. The fraction of sp³-hybridized carbons (Fsp3) is 0.588. The molecule has 0 aliphatic carbocycles. The van der Waals surface area contributed by atoms with Crippen LogP contribution in [0.3, 0.4) is 0 Å². The zero-order valence-corrected chi connectivity index (χ0v) is 15.6. The van der Waals surface area contributed by atoms with Crippen LogP contribution in [0.1, 0.15) is 25.8 Å². The lowest BCUT2D eigenvalue weighted by Gasteiger charge is -2.42. The van der Waals surface area contributed by atoms with Gasteiger partial charge in [-0.25, -0.2) is 13.6 Å². The van der Waals surface area contributed by atoms with Gasteiger partial charge in [-0.1, -0.05) is 13.8 Å². The number of carbonyl (C=O) groups is 1. The first-order valence-electron chi connectivity index (χ1n) is 8.52. The minimum Gasteiger partial charge on any atom is -0.327 e. The molecule has 1 aromatic carbocycles. The Morgan fingerprint density at radius 2 is 2.04 bits per heavy atom. The summed E-state index contributed by atoms with van der Waals surface area (Å²) >= 11 is 0. The van der Waals surface area contributed by atoms with Crippen molar-refractivity contribution in [1.82, 2.24) is 4.90 Å². The molecule has 1 unspecified atom stereocenters. The maximum Gasteiger partial charge on any atom is 0.241 e. The van der Waals surface area contributed by atoms with Crippen LogP contribution in [0.2, 0.25) is 0 Å². The van der Waals surface area contributed by atoms with Crippen LogP contribution < -0.4 is 15.8 Å². The molecule has 0 radical (unpaired) electrons. The number of piperidine rings is 1. The van der Waals surface area contributed by atoms with Gasteiger partial charge in [-0.2, -0.15) is 0 Å². The third kappa shape index (κ3) is 3.72. The highest BCUT2D eigenvalue weighted by Gasteiger charge is 2.35. The van der Waals surface area contributed by atoms with Crippen LogP contribution in [0.4, 0.5) is 5.69 Å². The van der Waals surface area contributed by atoms with Gasteiger partial charge in [0.2, 0.25) is 15.9 Å². The van der Waals surface area contributed by atoms with Gasteiger partial charge in [0, 0.05) is 31.4 Å². The number of benzene rings is 1. The summed E-state index contributed by atoms with van der Waals surface area (Å²) in [6.45, 7) is 6.81. The Hall–Kier alpha value is -1.48. The Labute approximate surface area is 149 Å². The molecule has 0 bridgehead atoms. The van der Waals surface area contributed by atoms with Crippen LogP contribution in [0.15, 0.2) is 23.1 Å². The van der Waals surface area contributed by atoms with Gasteiger partial charge in [-0.05, 0) is 42.0 Å². The maximum atomic E-state index is 12.8. The first-order chi connectivity index (χ1) is 11.6. The van der Waals surface area contributed by atoms with Crippen molar-refractivity contribution in [2.75, 3.05) is 31.1 Å². The Balaban J connectivity index is 1.72. The number of amides is 1. The lowest BCUT2D eigenvalue weighted by Crippen LogP contribution is -2.54. The number of hydrogen-bond donors (Lipinski definition) is 2. The second kappa shape index (κ2) is 6.35. The summed E-state index contributed by atoms with van der Waals surface area (Å²) in [5.74, 6) is 0.0355. The van der Waals surface area contributed by atoms with Gasteiger partial charge in [0.05, 0.1) is 11.4 Å². The monoisotopic (exact) mass is 366 g/mol. The second-order valence-electron chi connectivity index (χ2n) is 7.73. The Bertz CT molecular complexity index is 791. The van der Waals surface area contributed by atoms with Gasteiger partial charge in [0.25, 0.3) is 0 Å². The van der Waals surface area contributed by atoms with Gasteiger partial charge in [0.15, 0.2) is 0 Å². The third-order valence-corrected chi connectivity index (χ3v) is 6.24. The second-order valence-corrected chi connectivity index (χ2v) is 9.29. The molecule has 25 heavy (non-hydrogen) atoms. The van der Waals surface area contributed by atoms with E-state index in [4.69, 9.17) is 10.9 Å². The lowest BCUT2D eigenvalue weighted by molar-refractivity contribution is -0.120. The maximum absolute atomic E-state index is 12.8. The molecule has 0 saturated carbocycles. The normalized spacial score (nSPS) is 23.5. The number of carbonyl (C=O) groups excluding carboxylic acids is 1. The van der Waals surface area contributed by atoms with Gasteiger partial charge in [-0.3, -0.25) is 9.69 Å². The van der Waals surface area contributed by atoms with E-state index in [1.165, 1.54) is 6.07 Å². The van der Waals surface area contributed by atoms with Crippen molar-refractivity contribution in [1.29, 1.82) is 0 Å². The molecule has 2 aliphatic rings. The van der Waals surface area contributed by atoms with Crippen LogP contribution in [0.25, 0.3) is 0 Å². The topological polar surface area (TPSA) is 110 Å². The molecular weight excluding hydrogens is 340 g/mol. The summed E-state index contributed by atoms with van der Waals surface area (Å²) in [5, 5.41) is 5.18. The molecule has 0 aromatic heterocycles. The summed E-state index contributed by atoms with van der Waals surface area (Å²) in [6.07, 6.45) is 1.52. The number of hydrogen-bond acceptors (Lipinski definition) is 5. The fourth-order valence-corrected chi connectivity index (χ4v) is 4.28. The van der Waals surface area contributed by atoms with Gasteiger partial charge >= 0.3 is 0 Å². The van der Waals surface area contributed by atoms with E-state index in [9.17, 15) is 13.2 Å². The molecule has 0 spiro atoms. The minimum absolute atomic E-state index is 0.00810. The smallest absolute Gasteiger partial charge is 0.241 e. The van der Waals surface area contributed by atoms with E-state index in [0.29, 0.717) is 19.5 Å². The third-order valence-electron chi connectivity index (χ3n) is 5.33. The summed E-state index contributed by atoms with van der Waals surface area (Å²) in [7, 11) is -3.73. The Kier molecular flexibility index (Phi) is 4.65. The van der Waals surface area contributed by atoms with Crippen molar-refractivity contribution >= 4 is 21.6 Å². The fourth-order valence-electron chi connectivity index (χ4n) is 3.71. The van der Waals surface area contributed by atoms with E-state index in [0.717, 1.165) is 30.8 Å². The molecule has 2 heterocycles. The standard InChI is InChI=1S/C17H26N4O3S/c1-17(2)11-20(7-6-15(17)18)10-16(22)21-8-5-12-9-13(25(19,23)24)3-4-14(12)21/h3-4,9,15H,5-8,10-11,18H2,1-2H3,(H2,19,23,24). The number of nitrogens with zero attached hydrogens (tertiary/aromatic N) is 2. The van der Waals surface area contributed by atoms with Crippen LogP contribution in [-0.4, -0.2) is 51.4 Å². The quantitative estimate of drug-likeness (QED) is 0.799. The van der Waals surface area contributed by atoms with Crippen LogP contribution >= 0.6 is 0 Å². The molecule has 1 atom stereocenters. The predicted octanol–water partition coefficient (Wildman–Crippen LogP) is 0.282. The highest BCUT2D eigenvalue weighted by molar-refractivity contribution is 7.89. The zero-order chi connectivity index (χ0) is 18.4. The van der Waals surface area contributed by atoms with Crippen molar-refractivity contribution in [3.05, 3.63) is 23.8 Å². The summed E-state index contributed by atoms with van der Waals surface area (Å²) in [5.41, 5.74) is 7.78. The Morgan fingerprint density at radius 3 is 2.68 bits per heavy atom. The molecule has 3 rings (SSSR count). The van der Waals surface area contributed by atoms with Crippen LogP contribution in [0, 0.1) is 5.41 Å². The molecule has 4 N–H and O–H groups in total. The Morgan fingerprint density at radius 1 is 1.32 bits per heavy atom. The molecule has 1 fully saturated rings. The number of rotatable bonds is 3. The number of sulfonamides is 1. The lowest BCUT2D eigenvalue weighted by atomic mass is 9.80. The van der Waals surface area contributed by atoms with Crippen molar-refractivity contribution in [2.45, 2.75) is 37.6 Å². The number of likely N-dealkylation sites (tertiary alicyclic amines) is 1. The van der Waals surface area contributed by atoms with E-state index in [1.54, 1.807) is 17.0 Å². The van der Waals surface area contributed by atoms with Gasteiger partial charge in [0.1, 0.15) is 0 Å². The summed E-state index contributed by atoms with van der Waals surface area (Å²) < 4.78 is 23.0. The zero-order valence-electron chi connectivity index (χ0n) is 14.7. The summed E-state index contributed by atoms with van der Waals surface area (Å²) in [6, 6.07) is 4.86. The highest BCUT2D eigenvalue weighted by Crippen LogP contribution is 2.31. The highest BCUT2D eigenvalue weighted by atomic mass is 32.2. The molecule has 7 nitrogen and oxygen atoms in total. The van der Waals surface area contributed by atoms with E-state index >= 15 is 0 Å². The molecular formula is C17H26N4O3S. The number of fused-ring (bicyclic) bond motifs is 1. The van der Waals surface area contributed by atoms with E-state index < -0.39 is 10.0 Å². The van der Waals surface area contributed by atoms with Crippen molar-refractivity contribution in [2.24, 2.45) is 16.3 Å². The van der Waals surface area contributed by atoms with E-state index in [2.05, 4.69) is 18.7 Å². The molecule has 8 heteroatoms. The van der Waals surface area contributed by atoms with Crippen LogP contribution in [-0.2, 0) is 21.2 Å². The van der Waals surface area contributed by atoms with Crippen molar-refractivity contribution in [3.8, 4) is 0 Å². The molecule has 138 valence electrons. The largest absolute Gasteiger partial charge is 0.327 e. The van der Waals surface area contributed by atoms with E-state index in [-0.39, 0.29) is 22.3 Å². The molecule has 2 aliphatic heterocycles. The SMILES string of the molecule is CC1(C)CN(CC(=O)N2CCc3cc(S(N)(=O)=O)ccc32)CCC1N. The first kappa shape index (κ1) is 18.3. The molecule has 1 saturated heterocycles. The number of primary sulfonamides is 1. The minimum atomic E-state index is -3.73.